The zero-order valence-corrected chi connectivity index (χ0v) is 10.5. The lowest BCUT2D eigenvalue weighted by Crippen LogP contribution is -2.26. The lowest BCUT2D eigenvalue weighted by molar-refractivity contribution is 0.572. The first-order chi connectivity index (χ1) is 7.08. The van der Waals surface area contributed by atoms with Gasteiger partial charge in [-0.25, -0.2) is 4.39 Å². The molecule has 1 saturated heterocycles. The predicted octanol–water partition coefficient (Wildman–Crippen LogP) is 3.44. The third kappa shape index (κ3) is 2.23. The van der Waals surface area contributed by atoms with E-state index in [2.05, 4.69) is 35.1 Å². The molecule has 3 heteroatoms. The number of hydrogen-bond donors (Lipinski definition) is 1. The van der Waals surface area contributed by atoms with Gasteiger partial charge in [0.2, 0.25) is 0 Å². The molecule has 1 fully saturated rings. The first-order valence-corrected chi connectivity index (χ1v) is 6.08. The summed E-state index contributed by atoms with van der Waals surface area (Å²) in [5.41, 5.74) is 1.21. The van der Waals surface area contributed by atoms with Crippen LogP contribution in [0.4, 0.5) is 4.39 Å². The minimum absolute atomic E-state index is 0.183. The van der Waals surface area contributed by atoms with E-state index in [4.69, 9.17) is 0 Å². The fourth-order valence-electron chi connectivity index (χ4n) is 2.42. The lowest BCUT2D eigenvalue weighted by atomic mass is 9.92. The standard InChI is InChI=1S/C12H15BrFN/c1-7-5-11(8(2)15-7)10-4-3-9(14)6-12(10)13/h3-4,6-8,11,15H,5H2,1-2H3. The van der Waals surface area contributed by atoms with Crippen LogP contribution in [0.5, 0.6) is 0 Å². The van der Waals surface area contributed by atoms with Crippen molar-refractivity contribution < 1.29 is 4.39 Å². The van der Waals surface area contributed by atoms with Gasteiger partial charge < -0.3 is 5.32 Å². The summed E-state index contributed by atoms with van der Waals surface area (Å²) < 4.78 is 13.8. The van der Waals surface area contributed by atoms with Gasteiger partial charge in [0.05, 0.1) is 0 Å². The molecular weight excluding hydrogens is 257 g/mol. The molecule has 0 aliphatic carbocycles. The molecule has 1 aromatic rings. The molecule has 1 heterocycles. The van der Waals surface area contributed by atoms with Crippen molar-refractivity contribution >= 4 is 15.9 Å². The van der Waals surface area contributed by atoms with Crippen molar-refractivity contribution in [1.82, 2.24) is 5.32 Å². The Labute approximate surface area is 98.2 Å². The van der Waals surface area contributed by atoms with Crippen molar-refractivity contribution in [3.05, 3.63) is 34.1 Å². The number of halogens is 2. The quantitative estimate of drug-likeness (QED) is 0.825. The van der Waals surface area contributed by atoms with E-state index in [0.717, 1.165) is 10.9 Å². The van der Waals surface area contributed by atoms with Gasteiger partial charge in [-0.2, -0.15) is 0 Å². The van der Waals surface area contributed by atoms with Gasteiger partial charge in [0, 0.05) is 22.5 Å². The van der Waals surface area contributed by atoms with Crippen LogP contribution in [0.15, 0.2) is 22.7 Å². The van der Waals surface area contributed by atoms with Crippen molar-refractivity contribution in [3.8, 4) is 0 Å². The molecule has 2 rings (SSSR count). The van der Waals surface area contributed by atoms with Crippen LogP contribution in [0, 0.1) is 5.82 Å². The van der Waals surface area contributed by atoms with Crippen LogP contribution in [-0.2, 0) is 0 Å². The number of benzene rings is 1. The van der Waals surface area contributed by atoms with Crippen molar-refractivity contribution in [3.63, 3.8) is 0 Å². The monoisotopic (exact) mass is 271 g/mol. The lowest BCUT2D eigenvalue weighted by Gasteiger charge is -2.16. The maximum Gasteiger partial charge on any atom is 0.124 e. The molecule has 0 saturated carbocycles. The van der Waals surface area contributed by atoms with E-state index in [1.807, 2.05) is 6.07 Å². The zero-order valence-electron chi connectivity index (χ0n) is 8.93. The first-order valence-electron chi connectivity index (χ1n) is 5.29. The molecule has 82 valence electrons. The van der Waals surface area contributed by atoms with Crippen molar-refractivity contribution in [2.75, 3.05) is 0 Å². The van der Waals surface area contributed by atoms with Crippen LogP contribution in [0.1, 0.15) is 31.7 Å². The maximum absolute atomic E-state index is 13.0. The molecule has 0 bridgehead atoms. The molecule has 3 unspecified atom stereocenters. The van der Waals surface area contributed by atoms with E-state index < -0.39 is 0 Å². The van der Waals surface area contributed by atoms with E-state index in [-0.39, 0.29) is 5.82 Å². The van der Waals surface area contributed by atoms with Crippen LogP contribution in [0.3, 0.4) is 0 Å². The van der Waals surface area contributed by atoms with Crippen LogP contribution in [0.2, 0.25) is 0 Å². The molecule has 1 nitrogen and oxygen atoms in total. The molecule has 1 aliphatic heterocycles. The van der Waals surface area contributed by atoms with Gasteiger partial charge in [-0.05, 0) is 38.0 Å². The van der Waals surface area contributed by atoms with Crippen molar-refractivity contribution in [1.29, 1.82) is 0 Å². The van der Waals surface area contributed by atoms with Crippen molar-refractivity contribution in [2.45, 2.75) is 38.3 Å². The normalized spacial score (nSPS) is 30.8. The second-order valence-corrected chi connectivity index (χ2v) is 5.22. The van der Waals surface area contributed by atoms with Gasteiger partial charge in [-0.1, -0.05) is 22.0 Å². The molecule has 0 amide bonds. The Hall–Kier alpha value is -0.410. The van der Waals surface area contributed by atoms with Crippen LogP contribution >= 0.6 is 15.9 Å². The molecule has 1 aromatic carbocycles. The Bertz CT molecular complexity index is 367. The molecule has 1 aliphatic rings. The Morgan fingerprint density at radius 3 is 2.67 bits per heavy atom. The second-order valence-electron chi connectivity index (χ2n) is 4.36. The van der Waals surface area contributed by atoms with E-state index in [1.54, 1.807) is 6.07 Å². The Morgan fingerprint density at radius 1 is 1.40 bits per heavy atom. The summed E-state index contributed by atoms with van der Waals surface area (Å²) in [4.78, 5) is 0. The summed E-state index contributed by atoms with van der Waals surface area (Å²) in [5.74, 6) is 0.298. The van der Waals surface area contributed by atoms with E-state index >= 15 is 0 Å². The van der Waals surface area contributed by atoms with Crippen LogP contribution in [0.25, 0.3) is 0 Å². The van der Waals surface area contributed by atoms with Gasteiger partial charge in [0.15, 0.2) is 0 Å². The summed E-state index contributed by atoms with van der Waals surface area (Å²) >= 11 is 3.44. The fourth-order valence-corrected chi connectivity index (χ4v) is 3.06. The summed E-state index contributed by atoms with van der Waals surface area (Å²) in [5, 5.41) is 3.49. The van der Waals surface area contributed by atoms with Gasteiger partial charge >= 0.3 is 0 Å². The average molecular weight is 272 g/mol. The minimum atomic E-state index is -0.183. The molecule has 0 radical (unpaired) electrons. The topological polar surface area (TPSA) is 12.0 Å². The number of rotatable bonds is 1. The van der Waals surface area contributed by atoms with E-state index in [9.17, 15) is 4.39 Å². The third-order valence-electron chi connectivity index (χ3n) is 3.12. The maximum atomic E-state index is 13.0. The Balaban J connectivity index is 2.29. The third-order valence-corrected chi connectivity index (χ3v) is 3.81. The largest absolute Gasteiger partial charge is 0.311 e. The zero-order chi connectivity index (χ0) is 11.0. The Kier molecular flexibility index (Phi) is 3.12. The molecular formula is C12H15BrFN. The summed E-state index contributed by atoms with van der Waals surface area (Å²) in [6.07, 6.45) is 1.12. The Morgan fingerprint density at radius 2 is 2.13 bits per heavy atom. The van der Waals surface area contributed by atoms with E-state index in [0.29, 0.717) is 18.0 Å². The fraction of sp³-hybridized carbons (Fsp3) is 0.500. The highest BCUT2D eigenvalue weighted by molar-refractivity contribution is 9.10. The minimum Gasteiger partial charge on any atom is -0.311 e. The molecule has 0 aromatic heterocycles. The molecule has 0 spiro atoms. The highest BCUT2D eigenvalue weighted by Gasteiger charge is 2.30. The number of nitrogens with one attached hydrogen (secondary N) is 1. The van der Waals surface area contributed by atoms with Crippen LogP contribution in [-0.4, -0.2) is 12.1 Å². The SMILES string of the molecule is CC1CC(c2ccc(F)cc2Br)C(C)N1. The van der Waals surface area contributed by atoms with Gasteiger partial charge in [0.25, 0.3) is 0 Å². The first kappa shape index (κ1) is 11.1. The summed E-state index contributed by atoms with van der Waals surface area (Å²) in [6.45, 7) is 4.37. The molecule has 1 N–H and O–H groups in total. The van der Waals surface area contributed by atoms with Crippen molar-refractivity contribution in [2.24, 2.45) is 0 Å². The summed E-state index contributed by atoms with van der Waals surface area (Å²) in [7, 11) is 0. The highest BCUT2D eigenvalue weighted by Crippen LogP contribution is 2.35. The second kappa shape index (κ2) is 4.22. The van der Waals surface area contributed by atoms with Gasteiger partial charge in [0.1, 0.15) is 5.82 Å². The highest BCUT2D eigenvalue weighted by atomic mass is 79.9. The average Bonchev–Trinajstić information content (AvgIpc) is 2.45. The summed E-state index contributed by atoms with van der Waals surface area (Å²) in [6, 6.07) is 5.98. The molecule has 3 atom stereocenters. The van der Waals surface area contributed by atoms with E-state index in [1.165, 1.54) is 11.6 Å². The predicted molar refractivity (Wildman–Crippen MR) is 63.5 cm³/mol. The van der Waals surface area contributed by atoms with Gasteiger partial charge in [-0.3, -0.25) is 0 Å². The van der Waals surface area contributed by atoms with Crippen LogP contribution < -0.4 is 5.32 Å². The van der Waals surface area contributed by atoms with Gasteiger partial charge in [-0.15, -0.1) is 0 Å². The smallest absolute Gasteiger partial charge is 0.124 e. The molecule has 15 heavy (non-hydrogen) atoms. The number of hydrogen-bond acceptors (Lipinski definition) is 1.